The van der Waals surface area contributed by atoms with Crippen LogP contribution in [0.5, 0.6) is 5.75 Å². The lowest BCUT2D eigenvalue weighted by molar-refractivity contribution is -0.147. The van der Waals surface area contributed by atoms with Crippen LogP contribution < -0.4 is 20.1 Å². The first kappa shape index (κ1) is 34.4. The summed E-state index contributed by atoms with van der Waals surface area (Å²) in [6.45, 7) is 3.85. The number of carbonyl (C=O) groups is 4. The van der Waals surface area contributed by atoms with E-state index in [0.29, 0.717) is 35.4 Å². The normalized spacial score (nSPS) is 22.5. The van der Waals surface area contributed by atoms with E-state index >= 15 is 0 Å². The maximum atomic E-state index is 13.8. The molecule has 2 amide bonds. The molecule has 2 bridgehead atoms. The number of nitrogens with zero attached hydrogens (tertiary/aromatic N) is 1. The van der Waals surface area contributed by atoms with Crippen molar-refractivity contribution < 1.29 is 37.1 Å². The Labute approximate surface area is 294 Å². The van der Waals surface area contributed by atoms with E-state index in [1.807, 2.05) is 38.1 Å². The van der Waals surface area contributed by atoms with E-state index in [2.05, 4.69) is 25.3 Å². The van der Waals surface area contributed by atoms with Crippen LogP contribution in [0.4, 0.5) is 11.6 Å². The van der Waals surface area contributed by atoms with E-state index in [1.54, 1.807) is 48.5 Å². The molecular weight excluding hydrogens is 675 g/mol. The van der Waals surface area contributed by atoms with Crippen molar-refractivity contribution in [3.05, 3.63) is 83.9 Å². The summed E-state index contributed by atoms with van der Waals surface area (Å²) in [4.78, 5) is 59.7. The number of aromatic amines is 1. The van der Waals surface area contributed by atoms with Gasteiger partial charge in [-0.3, -0.25) is 24.5 Å². The Morgan fingerprint density at radius 3 is 2.53 bits per heavy atom. The van der Waals surface area contributed by atoms with Crippen molar-refractivity contribution in [2.24, 2.45) is 16.7 Å². The van der Waals surface area contributed by atoms with Gasteiger partial charge in [-0.1, -0.05) is 62.4 Å². The summed E-state index contributed by atoms with van der Waals surface area (Å²) in [6.07, 6.45) is 0.139. The number of sulfonamides is 1. The molecule has 4 aromatic rings. The largest absolute Gasteiger partial charge is 0.478 e. The molecule has 7 rings (SSSR count). The number of imidazole rings is 1. The van der Waals surface area contributed by atoms with Crippen molar-refractivity contribution in [3.8, 4) is 5.75 Å². The average molecular weight is 714 g/mol. The lowest BCUT2D eigenvalue weighted by Crippen LogP contribution is -2.50. The highest BCUT2D eigenvalue weighted by atomic mass is 32.2. The number of H-pyrrole nitrogens is 1. The van der Waals surface area contributed by atoms with Gasteiger partial charge in [0, 0.05) is 11.8 Å². The summed E-state index contributed by atoms with van der Waals surface area (Å²) in [5, 5.41) is 5.42. The molecule has 2 heterocycles. The maximum absolute atomic E-state index is 13.8. The Bertz CT molecular complexity index is 2100. The van der Waals surface area contributed by atoms with Crippen molar-refractivity contribution in [1.29, 1.82) is 0 Å². The van der Waals surface area contributed by atoms with Crippen LogP contribution in [0.1, 0.15) is 50.7 Å². The first-order chi connectivity index (χ1) is 24.3. The zero-order valence-corrected chi connectivity index (χ0v) is 29.0. The van der Waals surface area contributed by atoms with Gasteiger partial charge in [-0.25, -0.2) is 18.1 Å². The molecule has 13 nitrogen and oxygen atoms in total. The van der Waals surface area contributed by atoms with Gasteiger partial charge in [-0.05, 0) is 66.0 Å². The number of para-hydroxylation sites is 2. The summed E-state index contributed by atoms with van der Waals surface area (Å²) in [7, 11) is -4.15. The zero-order valence-electron chi connectivity index (χ0n) is 28.2. The average Bonchev–Trinajstić information content (AvgIpc) is 3.66. The van der Waals surface area contributed by atoms with Crippen molar-refractivity contribution >= 4 is 56.3 Å². The summed E-state index contributed by atoms with van der Waals surface area (Å²) in [5.74, 6) is -1.58. The van der Waals surface area contributed by atoms with Crippen molar-refractivity contribution in [2.75, 3.05) is 16.4 Å². The van der Waals surface area contributed by atoms with E-state index in [9.17, 15) is 27.6 Å². The Balaban J connectivity index is 1.05. The van der Waals surface area contributed by atoms with E-state index in [4.69, 9.17) is 9.47 Å². The molecule has 2 fully saturated rings. The summed E-state index contributed by atoms with van der Waals surface area (Å²) in [5.41, 5.74) is 1.49. The number of hydrogen-bond acceptors (Lipinski definition) is 9. The van der Waals surface area contributed by atoms with Crippen molar-refractivity contribution in [2.45, 2.75) is 64.7 Å². The number of Topliss-reactive ketones (excluding diaryl/α,β-unsaturated/α-hetero) is 1. The minimum absolute atomic E-state index is 0.0481. The number of ether oxygens (including phenoxy) is 2. The van der Waals surface area contributed by atoms with Gasteiger partial charge in [0.1, 0.15) is 24.2 Å². The van der Waals surface area contributed by atoms with Crippen molar-refractivity contribution in [1.82, 2.24) is 14.7 Å². The molecule has 0 spiro atoms. The van der Waals surface area contributed by atoms with Crippen LogP contribution in [0.25, 0.3) is 11.0 Å². The summed E-state index contributed by atoms with van der Waals surface area (Å²) < 4.78 is 41.5. The zero-order chi connectivity index (χ0) is 36.0. The van der Waals surface area contributed by atoms with E-state index in [-0.39, 0.29) is 37.1 Å². The number of aromatic nitrogens is 2. The fraction of sp³-hybridized carbons (Fsp3) is 0.378. The number of esters is 1. The fourth-order valence-electron chi connectivity index (χ4n) is 7.75. The number of amides is 2. The quantitative estimate of drug-likeness (QED) is 0.156. The van der Waals surface area contributed by atoms with Gasteiger partial charge >= 0.3 is 5.97 Å². The Hall–Kier alpha value is -5.08. The second kappa shape index (κ2) is 13.2. The molecule has 14 heteroatoms. The van der Waals surface area contributed by atoms with Crippen LogP contribution in [0.3, 0.4) is 0 Å². The number of carbonyl (C=O) groups excluding carboxylic acids is 4. The predicted molar refractivity (Wildman–Crippen MR) is 188 cm³/mol. The number of ketones is 1. The first-order valence-corrected chi connectivity index (χ1v) is 18.6. The van der Waals surface area contributed by atoms with Gasteiger partial charge < -0.3 is 19.8 Å². The van der Waals surface area contributed by atoms with Crippen LogP contribution in [0, 0.1) is 16.7 Å². The Kier molecular flexibility index (Phi) is 8.92. The minimum atomic E-state index is -4.15. The van der Waals surface area contributed by atoms with Crippen LogP contribution in [-0.2, 0) is 47.0 Å². The van der Waals surface area contributed by atoms with Gasteiger partial charge in [0.15, 0.2) is 6.10 Å². The summed E-state index contributed by atoms with van der Waals surface area (Å²) in [6, 6.07) is 19.8. The van der Waals surface area contributed by atoms with Crippen LogP contribution >= 0.6 is 0 Å². The minimum Gasteiger partial charge on any atom is -0.478 e. The highest BCUT2D eigenvalue weighted by Crippen LogP contribution is 2.64. The van der Waals surface area contributed by atoms with Crippen LogP contribution in [0.2, 0.25) is 0 Å². The number of fused-ring (bicyclic) bond motifs is 4. The van der Waals surface area contributed by atoms with E-state index in [1.165, 1.54) is 0 Å². The molecule has 1 aromatic heterocycles. The number of benzene rings is 3. The lowest BCUT2D eigenvalue weighted by Gasteiger charge is -2.36. The molecule has 0 radical (unpaired) electrons. The highest BCUT2D eigenvalue weighted by Gasteiger charge is 2.65. The first-order valence-electron chi connectivity index (χ1n) is 16.9. The monoisotopic (exact) mass is 713 g/mol. The molecule has 2 aliphatic carbocycles. The number of hydrogen-bond donors (Lipinski definition) is 4. The molecular formula is C37H39N5O8S. The highest BCUT2D eigenvalue weighted by molar-refractivity contribution is 7.89. The number of rotatable bonds is 12. The van der Waals surface area contributed by atoms with Gasteiger partial charge in [0.2, 0.25) is 21.9 Å². The molecule has 266 valence electrons. The third-order valence-electron chi connectivity index (χ3n) is 10.7. The molecule has 3 aromatic carbocycles. The smallest absolute Gasteiger partial charge is 0.324 e. The summed E-state index contributed by atoms with van der Waals surface area (Å²) >= 11 is 0. The van der Waals surface area contributed by atoms with Gasteiger partial charge in [-0.2, -0.15) is 0 Å². The third-order valence-corrected chi connectivity index (χ3v) is 12.2. The topological polar surface area (TPSA) is 186 Å². The third kappa shape index (κ3) is 6.85. The molecule has 51 heavy (non-hydrogen) atoms. The van der Waals surface area contributed by atoms with Crippen LogP contribution in [0.15, 0.2) is 72.8 Å². The molecule has 4 atom stereocenters. The number of nitrogens with one attached hydrogen (secondary N) is 4. The van der Waals surface area contributed by atoms with Gasteiger partial charge in [0.25, 0.3) is 5.91 Å². The second-order valence-corrected chi connectivity index (χ2v) is 15.9. The second-order valence-electron chi connectivity index (χ2n) is 14.2. The SMILES string of the molecule is CC1(C)C2CC[C@]1(CS(=O)(=O)N[C@@H](Cc1ccc3c(c1)NC(=O)C(CC(=O)Nc1nc4ccccc4[nH]1)O3)C(=O)OCc1ccccc1)C(=O)C2. The van der Waals surface area contributed by atoms with Gasteiger partial charge in [-0.15, -0.1) is 0 Å². The predicted octanol–water partition coefficient (Wildman–Crippen LogP) is 4.26. The lowest BCUT2D eigenvalue weighted by atomic mass is 9.70. The Morgan fingerprint density at radius 1 is 1.04 bits per heavy atom. The fourth-order valence-corrected chi connectivity index (χ4v) is 9.77. The Morgan fingerprint density at radius 2 is 1.80 bits per heavy atom. The maximum Gasteiger partial charge on any atom is 0.324 e. The van der Waals surface area contributed by atoms with E-state index < -0.39 is 56.5 Å². The molecule has 1 aliphatic heterocycles. The molecule has 3 aliphatic rings. The van der Waals surface area contributed by atoms with Gasteiger partial charge in [0.05, 0.1) is 28.9 Å². The molecule has 2 unspecified atom stereocenters. The standard InChI is InChI=1S/C37H39N5O8S/c1-36(2)24-14-15-37(36,31(43)18-24)21-51(47,48)42-28(34(46)49-20-22-8-4-3-5-9-22)17-23-12-13-29-27(16-23)38-33(45)30(50-29)19-32(44)41-35-39-25-10-6-7-11-26(25)40-35/h3-13,16,24,28,30,42H,14-15,17-21H2,1-2H3,(H,38,45)(H2,39,40,41,44)/t24?,28-,30?,37-/m0/s1. The molecule has 0 saturated heterocycles. The van der Waals surface area contributed by atoms with Crippen LogP contribution in [-0.4, -0.2) is 59.9 Å². The van der Waals surface area contributed by atoms with Crippen molar-refractivity contribution in [3.63, 3.8) is 0 Å². The molecule has 4 N–H and O–H groups in total. The van der Waals surface area contributed by atoms with E-state index in [0.717, 1.165) is 17.5 Å². The number of anilines is 2. The molecule has 2 saturated carbocycles.